The first-order chi connectivity index (χ1) is 12.1. The van der Waals surface area contributed by atoms with E-state index in [1.54, 1.807) is 24.5 Å². The highest BCUT2D eigenvalue weighted by molar-refractivity contribution is 7.22. The summed E-state index contributed by atoms with van der Waals surface area (Å²) in [4.78, 5) is 20.6. The van der Waals surface area contributed by atoms with Gasteiger partial charge in [-0.1, -0.05) is 11.3 Å². The highest BCUT2D eigenvalue weighted by Crippen LogP contribution is 2.29. The molecule has 25 heavy (non-hydrogen) atoms. The fraction of sp³-hybridized carbons (Fsp3) is 0. The number of benzene rings is 1. The summed E-state index contributed by atoms with van der Waals surface area (Å²) in [5, 5.41) is 9.53. The largest absolute Gasteiger partial charge is 0.298 e. The van der Waals surface area contributed by atoms with E-state index in [-0.39, 0.29) is 10.6 Å². The number of nitrogens with one attached hydrogen (secondary N) is 2. The van der Waals surface area contributed by atoms with Crippen LogP contribution < -0.4 is 5.32 Å². The van der Waals surface area contributed by atoms with Crippen LogP contribution in [0.15, 0.2) is 42.9 Å². The van der Waals surface area contributed by atoms with Crippen molar-refractivity contribution in [1.82, 2.24) is 20.2 Å². The zero-order valence-corrected chi connectivity index (χ0v) is 13.3. The molecule has 4 aromatic rings. The minimum absolute atomic E-state index is 0.239. The summed E-state index contributed by atoms with van der Waals surface area (Å²) in [6, 6.07) is 5.59. The lowest BCUT2D eigenvalue weighted by Crippen LogP contribution is -2.12. The van der Waals surface area contributed by atoms with Gasteiger partial charge in [-0.3, -0.25) is 20.2 Å². The standard InChI is InChI=1S/C16H9F2N5OS/c17-10-4-12-13(5-11(10)18)25-16(21-12)22-15(24)9-7-20-23-14(9)8-2-1-3-19-6-8/h1-7H,(H,20,23)(H,21,22,24). The molecule has 0 saturated carbocycles. The topological polar surface area (TPSA) is 83.6 Å². The summed E-state index contributed by atoms with van der Waals surface area (Å²) < 4.78 is 27.0. The normalized spacial score (nSPS) is 11.0. The number of H-pyrrole nitrogens is 1. The van der Waals surface area contributed by atoms with E-state index in [9.17, 15) is 13.6 Å². The molecule has 1 aromatic carbocycles. The van der Waals surface area contributed by atoms with E-state index in [4.69, 9.17) is 0 Å². The molecule has 6 nitrogen and oxygen atoms in total. The molecule has 0 fully saturated rings. The molecule has 3 heterocycles. The van der Waals surface area contributed by atoms with Gasteiger partial charge in [0.2, 0.25) is 0 Å². The van der Waals surface area contributed by atoms with Gasteiger partial charge in [0.1, 0.15) is 0 Å². The molecule has 4 rings (SSSR count). The fourth-order valence-electron chi connectivity index (χ4n) is 2.33. The number of fused-ring (bicyclic) bond motifs is 1. The lowest BCUT2D eigenvalue weighted by atomic mass is 10.1. The van der Waals surface area contributed by atoms with Gasteiger partial charge in [0.15, 0.2) is 16.8 Å². The van der Waals surface area contributed by atoms with Crippen molar-refractivity contribution in [2.45, 2.75) is 0 Å². The Hall–Kier alpha value is -3.20. The van der Waals surface area contributed by atoms with Crippen LogP contribution in [-0.2, 0) is 0 Å². The molecule has 0 radical (unpaired) electrons. The maximum Gasteiger partial charge on any atom is 0.261 e. The van der Waals surface area contributed by atoms with Gasteiger partial charge in [-0.05, 0) is 18.2 Å². The number of aromatic amines is 1. The fourth-order valence-corrected chi connectivity index (χ4v) is 3.20. The van der Waals surface area contributed by atoms with Crippen LogP contribution >= 0.6 is 11.3 Å². The molecule has 3 aromatic heterocycles. The molecule has 1 amide bonds. The highest BCUT2D eigenvalue weighted by Gasteiger charge is 2.17. The van der Waals surface area contributed by atoms with Gasteiger partial charge >= 0.3 is 0 Å². The molecule has 2 N–H and O–H groups in total. The third kappa shape index (κ3) is 2.85. The zero-order valence-electron chi connectivity index (χ0n) is 12.5. The van der Waals surface area contributed by atoms with E-state index < -0.39 is 17.5 Å². The van der Waals surface area contributed by atoms with Crippen molar-refractivity contribution >= 4 is 32.6 Å². The predicted octanol–water partition coefficient (Wildman–Crippen LogP) is 3.61. The second kappa shape index (κ2) is 6.02. The summed E-state index contributed by atoms with van der Waals surface area (Å²) in [6.07, 6.45) is 4.62. The van der Waals surface area contributed by atoms with Crippen LogP contribution in [0.4, 0.5) is 13.9 Å². The Morgan fingerprint density at radius 2 is 2.04 bits per heavy atom. The predicted molar refractivity (Wildman–Crippen MR) is 89.3 cm³/mol. The summed E-state index contributed by atoms with van der Waals surface area (Å²) >= 11 is 1.05. The molecule has 0 unspecified atom stereocenters. The smallest absolute Gasteiger partial charge is 0.261 e. The number of aromatic nitrogens is 4. The van der Waals surface area contributed by atoms with Crippen molar-refractivity contribution in [2.24, 2.45) is 0 Å². The van der Waals surface area contributed by atoms with E-state index in [1.807, 2.05) is 0 Å². The number of amides is 1. The number of nitrogens with zero attached hydrogens (tertiary/aromatic N) is 3. The van der Waals surface area contributed by atoms with Crippen molar-refractivity contribution in [3.05, 3.63) is 60.1 Å². The Bertz CT molecular complexity index is 1040. The second-order valence-electron chi connectivity index (χ2n) is 5.11. The number of thiazole rings is 1. The Labute approximate surface area is 143 Å². The van der Waals surface area contributed by atoms with Crippen LogP contribution in [0.5, 0.6) is 0 Å². The lowest BCUT2D eigenvalue weighted by Gasteiger charge is -2.02. The molecule has 124 valence electrons. The number of carbonyl (C=O) groups is 1. The van der Waals surface area contributed by atoms with Crippen molar-refractivity contribution in [1.29, 1.82) is 0 Å². The third-order valence-corrected chi connectivity index (χ3v) is 4.42. The van der Waals surface area contributed by atoms with E-state index in [0.717, 1.165) is 23.5 Å². The number of halogens is 2. The Morgan fingerprint density at radius 3 is 2.84 bits per heavy atom. The Balaban J connectivity index is 1.64. The molecule has 0 spiro atoms. The number of pyridine rings is 1. The number of hydrogen-bond donors (Lipinski definition) is 2. The monoisotopic (exact) mass is 357 g/mol. The van der Waals surface area contributed by atoms with Gasteiger partial charge in [-0.25, -0.2) is 13.8 Å². The summed E-state index contributed by atoms with van der Waals surface area (Å²) in [5.74, 6) is -2.38. The maximum absolute atomic E-state index is 13.3. The molecule has 0 aliphatic rings. The van der Waals surface area contributed by atoms with Crippen LogP contribution in [0, 0.1) is 11.6 Å². The molecule has 0 bridgehead atoms. The summed E-state index contributed by atoms with van der Waals surface area (Å²) in [6.45, 7) is 0. The zero-order chi connectivity index (χ0) is 17.4. The van der Waals surface area contributed by atoms with Crippen LogP contribution in [0.3, 0.4) is 0 Å². The van der Waals surface area contributed by atoms with Gasteiger partial charge in [-0.15, -0.1) is 0 Å². The first-order valence-corrected chi connectivity index (χ1v) is 7.94. The van der Waals surface area contributed by atoms with E-state index in [1.165, 1.54) is 6.20 Å². The molecule has 0 aliphatic heterocycles. The number of carbonyl (C=O) groups excluding carboxylic acids is 1. The van der Waals surface area contributed by atoms with Crippen LogP contribution in [0.1, 0.15) is 10.4 Å². The molecular weight excluding hydrogens is 348 g/mol. The average Bonchev–Trinajstić information content (AvgIpc) is 3.23. The van der Waals surface area contributed by atoms with Crippen LogP contribution in [-0.4, -0.2) is 26.1 Å². The second-order valence-corrected chi connectivity index (χ2v) is 6.14. The van der Waals surface area contributed by atoms with Gasteiger partial charge in [-0.2, -0.15) is 5.10 Å². The quantitative estimate of drug-likeness (QED) is 0.587. The molecule has 0 atom stereocenters. The lowest BCUT2D eigenvalue weighted by molar-refractivity contribution is 0.102. The van der Waals surface area contributed by atoms with E-state index in [0.29, 0.717) is 21.5 Å². The van der Waals surface area contributed by atoms with Crippen molar-refractivity contribution in [3.8, 4) is 11.3 Å². The van der Waals surface area contributed by atoms with Gasteiger partial charge in [0, 0.05) is 24.0 Å². The first kappa shape index (κ1) is 15.3. The molecular formula is C16H9F2N5OS. The summed E-state index contributed by atoms with van der Waals surface area (Å²) in [5.41, 5.74) is 1.81. The minimum Gasteiger partial charge on any atom is -0.298 e. The Kier molecular flexibility index (Phi) is 3.69. The molecule has 9 heteroatoms. The minimum atomic E-state index is -0.982. The maximum atomic E-state index is 13.3. The molecule has 0 saturated heterocycles. The van der Waals surface area contributed by atoms with E-state index >= 15 is 0 Å². The van der Waals surface area contributed by atoms with Crippen molar-refractivity contribution in [2.75, 3.05) is 5.32 Å². The van der Waals surface area contributed by atoms with Gasteiger partial charge in [0.25, 0.3) is 5.91 Å². The first-order valence-electron chi connectivity index (χ1n) is 7.12. The van der Waals surface area contributed by atoms with Gasteiger partial charge < -0.3 is 0 Å². The van der Waals surface area contributed by atoms with Crippen molar-refractivity contribution in [3.63, 3.8) is 0 Å². The number of rotatable bonds is 3. The number of hydrogen-bond acceptors (Lipinski definition) is 5. The van der Waals surface area contributed by atoms with Crippen LogP contribution in [0.25, 0.3) is 21.5 Å². The molecule has 0 aliphatic carbocycles. The summed E-state index contributed by atoms with van der Waals surface area (Å²) in [7, 11) is 0. The highest BCUT2D eigenvalue weighted by atomic mass is 32.1. The SMILES string of the molecule is O=C(Nc1nc2cc(F)c(F)cc2s1)c1cn[nH]c1-c1cccnc1. The van der Waals surface area contributed by atoms with E-state index in [2.05, 4.69) is 25.5 Å². The third-order valence-electron chi connectivity index (χ3n) is 3.49. The van der Waals surface area contributed by atoms with Crippen LogP contribution in [0.2, 0.25) is 0 Å². The number of anilines is 1. The van der Waals surface area contributed by atoms with Crippen molar-refractivity contribution < 1.29 is 13.6 Å². The average molecular weight is 357 g/mol. The Morgan fingerprint density at radius 1 is 1.20 bits per heavy atom. The van der Waals surface area contributed by atoms with Gasteiger partial charge in [0.05, 0.1) is 27.7 Å².